The van der Waals surface area contributed by atoms with Crippen LogP contribution in [-0.2, 0) is 16.1 Å². The smallest absolute Gasteiger partial charge is 0.261 e. The van der Waals surface area contributed by atoms with Crippen LogP contribution in [0.2, 0.25) is 0 Å². The van der Waals surface area contributed by atoms with E-state index in [0.717, 1.165) is 5.56 Å². The summed E-state index contributed by atoms with van der Waals surface area (Å²) in [5.74, 6) is -0.744. The van der Waals surface area contributed by atoms with Gasteiger partial charge in [0.25, 0.3) is 11.8 Å². The van der Waals surface area contributed by atoms with E-state index in [0.29, 0.717) is 36.6 Å². The second-order valence-electron chi connectivity index (χ2n) is 8.73. The molecule has 3 rings (SSSR count). The number of nitrogens with one attached hydrogen (secondary N) is 1. The highest BCUT2D eigenvalue weighted by atomic mass is 16.2. The normalized spacial score (nSPS) is 13.8. The van der Waals surface area contributed by atoms with Gasteiger partial charge in [0.05, 0.1) is 11.1 Å². The minimum absolute atomic E-state index is 0.127. The average Bonchev–Trinajstić information content (AvgIpc) is 3.06. The molecule has 1 atom stereocenters. The van der Waals surface area contributed by atoms with Crippen molar-refractivity contribution >= 4 is 23.6 Å². The van der Waals surface area contributed by atoms with Crippen molar-refractivity contribution in [3.63, 3.8) is 0 Å². The number of nitrogens with zero attached hydrogens (tertiary/aromatic N) is 2. The van der Waals surface area contributed by atoms with Crippen LogP contribution < -0.4 is 5.32 Å². The van der Waals surface area contributed by atoms with Crippen LogP contribution in [0.3, 0.4) is 0 Å². The zero-order valence-corrected chi connectivity index (χ0v) is 19.4. The molecule has 33 heavy (non-hydrogen) atoms. The van der Waals surface area contributed by atoms with Crippen molar-refractivity contribution in [1.82, 2.24) is 15.1 Å². The zero-order chi connectivity index (χ0) is 24.0. The van der Waals surface area contributed by atoms with Crippen molar-refractivity contribution in [2.24, 2.45) is 5.92 Å². The maximum absolute atomic E-state index is 13.1. The van der Waals surface area contributed by atoms with Gasteiger partial charge in [-0.15, -0.1) is 0 Å². The molecule has 7 nitrogen and oxygen atoms in total. The molecule has 0 spiro atoms. The van der Waals surface area contributed by atoms with Gasteiger partial charge in [-0.05, 0) is 37.0 Å². The summed E-state index contributed by atoms with van der Waals surface area (Å²) >= 11 is 0. The van der Waals surface area contributed by atoms with Crippen molar-refractivity contribution < 1.29 is 19.2 Å². The van der Waals surface area contributed by atoms with Gasteiger partial charge in [-0.1, -0.05) is 56.3 Å². The van der Waals surface area contributed by atoms with E-state index in [1.165, 1.54) is 4.90 Å². The number of benzene rings is 2. The summed E-state index contributed by atoms with van der Waals surface area (Å²) in [6.45, 7) is 6.75. The zero-order valence-electron chi connectivity index (χ0n) is 19.4. The average molecular weight is 450 g/mol. The Hall–Kier alpha value is -3.48. The van der Waals surface area contributed by atoms with E-state index in [1.54, 1.807) is 36.1 Å². The molecule has 0 fully saturated rings. The number of imide groups is 1. The van der Waals surface area contributed by atoms with Gasteiger partial charge in [-0.3, -0.25) is 24.1 Å². The number of carbonyl (C=O) groups excluding carboxylic acids is 4. The van der Waals surface area contributed by atoms with E-state index in [2.05, 4.69) is 5.32 Å². The summed E-state index contributed by atoms with van der Waals surface area (Å²) in [6, 6.07) is 15.6. The Balaban J connectivity index is 1.64. The fourth-order valence-electron chi connectivity index (χ4n) is 3.79. The van der Waals surface area contributed by atoms with Crippen LogP contribution >= 0.6 is 0 Å². The molecule has 0 aromatic heterocycles. The fourth-order valence-corrected chi connectivity index (χ4v) is 3.79. The second kappa shape index (κ2) is 10.9. The van der Waals surface area contributed by atoms with Crippen molar-refractivity contribution in [2.75, 3.05) is 13.1 Å². The Morgan fingerprint density at radius 1 is 0.909 bits per heavy atom. The number of fused-ring (bicyclic) bond motifs is 1. The van der Waals surface area contributed by atoms with E-state index in [1.807, 2.05) is 44.2 Å². The monoisotopic (exact) mass is 449 g/mol. The van der Waals surface area contributed by atoms with E-state index >= 15 is 0 Å². The molecule has 1 aliphatic heterocycles. The summed E-state index contributed by atoms with van der Waals surface area (Å²) in [4.78, 5) is 53.7. The Morgan fingerprint density at radius 3 is 2.06 bits per heavy atom. The third-order valence-electron chi connectivity index (χ3n) is 5.70. The van der Waals surface area contributed by atoms with Gasteiger partial charge in [-0.2, -0.15) is 0 Å². The fraction of sp³-hybridized carbons (Fsp3) is 0.385. The Morgan fingerprint density at radius 2 is 1.48 bits per heavy atom. The first kappa shape index (κ1) is 24.2. The summed E-state index contributed by atoms with van der Waals surface area (Å²) in [6.07, 6.45) is 0.456. The van der Waals surface area contributed by atoms with Crippen LogP contribution in [-0.4, -0.2) is 52.6 Å². The molecule has 0 aliphatic carbocycles. The van der Waals surface area contributed by atoms with Crippen molar-refractivity contribution in [2.45, 2.75) is 46.2 Å². The molecule has 0 bridgehead atoms. The molecular formula is C26H31N3O4. The van der Waals surface area contributed by atoms with Crippen molar-refractivity contribution in [3.05, 3.63) is 71.3 Å². The van der Waals surface area contributed by atoms with E-state index < -0.39 is 6.04 Å². The lowest BCUT2D eigenvalue weighted by molar-refractivity contribution is -0.140. The summed E-state index contributed by atoms with van der Waals surface area (Å²) in [5, 5.41) is 2.90. The minimum atomic E-state index is -0.643. The van der Waals surface area contributed by atoms with Crippen LogP contribution in [0.5, 0.6) is 0 Å². The Bertz CT molecular complexity index is 984. The molecule has 4 amide bonds. The molecule has 7 heteroatoms. The molecule has 0 saturated carbocycles. The number of rotatable bonds is 10. The lowest BCUT2D eigenvalue weighted by Gasteiger charge is -2.29. The van der Waals surface area contributed by atoms with Crippen LogP contribution in [0, 0.1) is 5.92 Å². The van der Waals surface area contributed by atoms with E-state index in [-0.39, 0.29) is 36.6 Å². The number of hydrogen-bond donors (Lipinski definition) is 1. The molecule has 0 saturated heterocycles. The lowest BCUT2D eigenvalue weighted by Crippen LogP contribution is -2.48. The van der Waals surface area contributed by atoms with Crippen LogP contribution in [0.4, 0.5) is 0 Å². The predicted octanol–water partition coefficient (Wildman–Crippen LogP) is 3.25. The maximum atomic E-state index is 13.1. The van der Waals surface area contributed by atoms with Crippen molar-refractivity contribution in [3.8, 4) is 0 Å². The molecule has 2 aromatic carbocycles. The van der Waals surface area contributed by atoms with Gasteiger partial charge in [-0.25, -0.2) is 0 Å². The Kier molecular flexibility index (Phi) is 7.98. The highest BCUT2D eigenvalue weighted by Gasteiger charge is 2.35. The molecule has 174 valence electrons. The molecule has 1 aliphatic rings. The molecule has 1 heterocycles. The summed E-state index contributed by atoms with van der Waals surface area (Å²) in [7, 11) is 0. The molecule has 0 radical (unpaired) electrons. The highest BCUT2D eigenvalue weighted by molar-refractivity contribution is 6.21. The largest absolute Gasteiger partial charge is 0.354 e. The van der Waals surface area contributed by atoms with Gasteiger partial charge in [0.2, 0.25) is 11.8 Å². The number of hydrogen-bond acceptors (Lipinski definition) is 4. The quantitative estimate of drug-likeness (QED) is 0.564. The number of amides is 4. The first-order valence-electron chi connectivity index (χ1n) is 11.4. The first-order valence-corrected chi connectivity index (χ1v) is 11.4. The van der Waals surface area contributed by atoms with Gasteiger partial charge >= 0.3 is 0 Å². The predicted molar refractivity (Wildman–Crippen MR) is 125 cm³/mol. The highest BCUT2D eigenvalue weighted by Crippen LogP contribution is 2.23. The standard InChI is InChI=1S/C26H31N3O4/c1-18(2)16-27-24(31)19(3)29(17-20-10-5-4-6-11-20)23(30)14-9-15-28-25(32)21-12-7-8-13-22(21)26(28)33/h4-8,10-13,18-19H,9,14-17H2,1-3H3,(H,27,31). The van der Waals surface area contributed by atoms with E-state index in [4.69, 9.17) is 0 Å². The second-order valence-corrected chi connectivity index (χ2v) is 8.73. The lowest BCUT2D eigenvalue weighted by atomic mass is 10.1. The van der Waals surface area contributed by atoms with Crippen molar-refractivity contribution in [1.29, 1.82) is 0 Å². The topological polar surface area (TPSA) is 86.8 Å². The number of carbonyl (C=O) groups is 4. The SMILES string of the molecule is CC(C)CNC(=O)C(C)N(Cc1ccccc1)C(=O)CCCN1C(=O)c2ccccc2C1=O. The molecule has 1 unspecified atom stereocenters. The van der Waals surface area contributed by atoms with Crippen LogP contribution in [0.25, 0.3) is 0 Å². The molecular weight excluding hydrogens is 418 g/mol. The Labute approximate surface area is 194 Å². The summed E-state index contributed by atoms with van der Waals surface area (Å²) < 4.78 is 0. The third-order valence-corrected chi connectivity index (χ3v) is 5.70. The van der Waals surface area contributed by atoms with E-state index in [9.17, 15) is 19.2 Å². The molecule has 2 aromatic rings. The van der Waals surface area contributed by atoms with Gasteiger partial charge in [0, 0.05) is 26.1 Å². The summed E-state index contributed by atoms with van der Waals surface area (Å²) in [5.41, 5.74) is 1.72. The van der Waals surface area contributed by atoms with Gasteiger partial charge in [0.15, 0.2) is 0 Å². The third kappa shape index (κ3) is 5.86. The minimum Gasteiger partial charge on any atom is -0.354 e. The van der Waals surface area contributed by atoms with Gasteiger partial charge in [0.1, 0.15) is 6.04 Å². The maximum Gasteiger partial charge on any atom is 0.261 e. The molecule has 1 N–H and O–H groups in total. The van der Waals surface area contributed by atoms with Crippen LogP contribution in [0.1, 0.15) is 59.9 Å². The van der Waals surface area contributed by atoms with Crippen LogP contribution in [0.15, 0.2) is 54.6 Å². The first-order chi connectivity index (χ1) is 15.8. The van der Waals surface area contributed by atoms with Gasteiger partial charge < -0.3 is 10.2 Å².